The van der Waals surface area contributed by atoms with Gasteiger partial charge in [0.2, 0.25) is 0 Å². The molecule has 1 aromatic heterocycles. The van der Waals surface area contributed by atoms with Gasteiger partial charge in [0.25, 0.3) is 0 Å². The third-order valence-electron chi connectivity index (χ3n) is 4.93. The highest BCUT2D eigenvalue weighted by molar-refractivity contribution is 5.94. The predicted octanol–water partition coefficient (Wildman–Crippen LogP) is 4.47. The van der Waals surface area contributed by atoms with Crippen LogP contribution in [0.25, 0.3) is 11.0 Å². The predicted molar refractivity (Wildman–Crippen MR) is 76.4 cm³/mol. The fourth-order valence-electron chi connectivity index (χ4n) is 3.30. The molecule has 0 amide bonds. The van der Waals surface area contributed by atoms with E-state index in [0.717, 1.165) is 24.2 Å². The molecule has 2 aromatic rings. The Bertz CT molecular complexity index is 638. The molecule has 1 saturated carbocycles. The Hall–Kier alpha value is -1.57. The van der Waals surface area contributed by atoms with Gasteiger partial charge in [0.05, 0.1) is 0 Å². The number of carbonyl (C=O) groups excluding carboxylic acids is 1. The van der Waals surface area contributed by atoms with E-state index in [4.69, 9.17) is 4.42 Å². The molecule has 19 heavy (non-hydrogen) atoms. The molecule has 2 nitrogen and oxygen atoms in total. The Labute approximate surface area is 113 Å². The Morgan fingerprint density at radius 3 is 2.68 bits per heavy atom. The Balaban J connectivity index is 2.13. The van der Waals surface area contributed by atoms with Crippen molar-refractivity contribution in [1.29, 1.82) is 0 Å². The molecule has 1 fully saturated rings. The molecule has 0 bridgehead atoms. The van der Waals surface area contributed by atoms with E-state index in [1.165, 1.54) is 10.9 Å². The van der Waals surface area contributed by atoms with Crippen LogP contribution in [0.3, 0.4) is 0 Å². The van der Waals surface area contributed by atoms with E-state index in [1.54, 1.807) is 0 Å². The molecule has 0 saturated heterocycles. The number of rotatable bonds is 3. The highest BCUT2D eigenvalue weighted by Crippen LogP contribution is 2.54. The second kappa shape index (κ2) is 4.22. The molecule has 1 aliphatic rings. The van der Waals surface area contributed by atoms with Crippen LogP contribution in [-0.4, -0.2) is 5.78 Å². The first kappa shape index (κ1) is 12.5. The standard InChI is InChI=1S/C17H20O2/c1-4-11-12-8-6-7-9-14(12)19-16(11)13-10-15(18)17(13,3)5-2/h6-9,13H,4-5,10H2,1-3H3. The summed E-state index contributed by atoms with van der Waals surface area (Å²) in [5.41, 5.74) is 2.01. The monoisotopic (exact) mass is 256 g/mol. The number of fused-ring (bicyclic) bond motifs is 1. The van der Waals surface area contributed by atoms with Crippen molar-refractivity contribution >= 4 is 16.8 Å². The van der Waals surface area contributed by atoms with Gasteiger partial charge in [0.1, 0.15) is 17.1 Å². The van der Waals surface area contributed by atoms with E-state index in [1.807, 2.05) is 18.2 Å². The third kappa shape index (κ3) is 1.59. The number of furan rings is 1. The minimum Gasteiger partial charge on any atom is -0.460 e. The molecule has 0 N–H and O–H groups in total. The minimum atomic E-state index is -0.224. The average Bonchev–Trinajstić information content (AvgIpc) is 2.81. The number of para-hydroxylation sites is 1. The number of ketones is 1. The summed E-state index contributed by atoms with van der Waals surface area (Å²) in [7, 11) is 0. The largest absolute Gasteiger partial charge is 0.460 e. The molecule has 100 valence electrons. The van der Waals surface area contributed by atoms with E-state index >= 15 is 0 Å². The van der Waals surface area contributed by atoms with Gasteiger partial charge >= 0.3 is 0 Å². The van der Waals surface area contributed by atoms with Crippen molar-refractivity contribution in [2.75, 3.05) is 0 Å². The molecule has 1 heterocycles. The molecular weight excluding hydrogens is 236 g/mol. The quantitative estimate of drug-likeness (QED) is 0.811. The molecule has 0 radical (unpaired) electrons. The summed E-state index contributed by atoms with van der Waals surface area (Å²) >= 11 is 0. The zero-order chi connectivity index (χ0) is 13.6. The molecule has 2 unspecified atom stereocenters. The van der Waals surface area contributed by atoms with Crippen LogP contribution in [0.5, 0.6) is 0 Å². The van der Waals surface area contributed by atoms with Gasteiger partial charge in [0.15, 0.2) is 0 Å². The first-order chi connectivity index (χ1) is 9.11. The van der Waals surface area contributed by atoms with Crippen LogP contribution >= 0.6 is 0 Å². The summed E-state index contributed by atoms with van der Waals surface area (Å²) in [5.74, 6) is 1.68. The number of carbonyl (C=O) groups is 1. The van der Waals surface area contributed by atoms with E-state index in [2.05, 4.69) is 26.8 Å². The molecule has 0 spiro atoms. The average molecular weight is 256 g/mol. The Morgan fingerprint density at radius 2 is 2.05 bits per heavy atom. The van der Waals surface area contributed by atoms with Gasteiger partial charge < -0.3 is 4.42 Å². The Kier molecular flexibility index (Phi) is 2.77. The lowest BCUT2D eigenvalue weighted by Crippen LogP contribution is -2.45. The maximum atomic E-state index is 11.9. The third-order valence-corrected chi connectivity index (χ3v) is 4.93. The normalized spacial score (nSPS) is 26.7. The molecule has 1 aromatic carbocycles. The lowest BCUT2D eigenvalue weighted by atomic mass is 9.57. The topological polar surface area (TPSA) is 30.2 Å². The number of benzene rings is 1. The summed E-state index contributed by atoms with van der Waals surface area (Å²) in [4.78, 5) is 11.9. The summed E-state index contributed by atoms with van der Waals surface area (Å²) in [6.07, 6.45) is 2.48. The number of aryl methyl sites for hydroxylation is 1. The first-order valence-electron chi connectivity index (χ1n) is 7.15. The van der Waals surface area contributed by atoms with Crippen LogP contribution in [0, 0.1) is 5.41 Å². The zero-order valence-corrected chi connectivity index (χ0v) is 11.8. The number of Topliss-reactive ketones (excluding diaryl/α,β-unsaturated/α-hetero) is 1. The SMILES string of the molecule is CCc1c(C2CC(=O)C2(C)CC)oc2ccccc12. The molecule has 0 aliphatic heterocycles. The highest BCUT2D eigenvalue weighted by atomic mass is 16.3. The van der Waals surface area contributed by atoms with E-state index in [-0.39, 0.29) is 11.3 Å². The summed E-state index contributed by atoms with van der Waals surface area (Å²) in [6, 6.07) is 8.18. The maximum Gasteiger partial charge on any atom is 0.140 e. The van der Waals surface area contributed by atoms with Crippen LogP contribution in [-0.2, 0) is 11.2 Å². The van der Waals surface area contributed by atoms with Crippen LogP contribution in [0.2, 0.25) is 0 Å². The smallest absolute Gasteiger partial charge is 0.140 e. The van der Waals surface area contributed by atoms with Gasteiger partial charge in [-0.1, -0.05) is 39.0 Å². The van der Waals surface area contributed by atoms with Crippen LogP contribution in [0.4, 0.5) is 0 Å². The van der Waals surface area contributed by atoms with Crippen LogP contribution in [0.15, 0.2) is 28.7 Å². The van der Waals surface area contributed by atoms with Gasteiger partial charge in [-0.3, -0.25) is 4.79 Å². The molecule has 2 heteroatoms. The van der Waals surface area contributed by atoms with Gasteiger partial charge in [-0.05, 0) is 18.9 Å². The summed E-state index contributed by atoms with van der Waals surface area (Å²) < 4.78 is 6.09. The minimum absolute atomic E-state index is 0.224. The van der Waals surface area contributed by atoms with E-state index in [9.17, 15) is 4.79 Å². The van der Waals surface area contributed by atoms with Crippen molar-refractivity contribution in [2.45, 2.75) is 46.0 Å². The molecule has 2 atom stereocenters. The van der Waals surface area contributed by atoms with E-state index in [0.29, 0.717) is 12.2 Å². The van der Waals surface area contributed by atoms with Crippen LogP contribution in [0.1, 0.15) is 50.9 Å². The summed E-state index contributed by atoms with van der Waals surface area (Å²) in [5, 5.41) is 1.21. The second-order valence-electron chi connectivity index (χ2n) is 5.75. The summed E-state index contributed by atoms with van der Waals surface area (Å²) in [6.45, 7) is 6.33. The first-order valence-corrected chi connectivity index (χ1v) is 7.15. The fraction of sp³-hybridized carbons (Fsp3) is 0.471. The van der Waals surface area contributed by atoms with E-state index < -0.39 is 0 Å². The second-order valence-corrected chi connectivity index (χ2v) is 5.75. The van der Waals surface area contributed by atoms with Crippen molar-refractivity contribution in [3.05, 3.63) is 35.6 Å². The fourth-order valence-corrected chi connectivity index (χ4v) is 3.30. The number of hydrogen-bond donors (Lipinski definition) is 0. The molecule has 1 aliphatic carbocycles. The van der Waals surface area contributed by atoms with Gasteiger partial charge in [0, 0.05) is 28.7 Å². The molecular formula is C17H20O2. The number of hydrogen-bond acceptors (Lipinski definition) is 2. The van der Waals surface area contributed by atoms with Crippen LogP contribution < -0.4 is 0 Å². The van der Waals surface area contributed by atoms with Gasteiger partial charge in [-0.25, -0.2) is 0 Å². The van der Waals surface area contributed by atoms with Crippen molar-refractivity contribution in [1.82, 2.24) is 0 Å². The van der Waals surface area contributed by atoms with Crippen molar-refractivity contribution in [3.63, 3.8) is 0 Å². The maximum absolute atomic E-state index is 11.9. The highest BCUT2D eigenvalue weighted by Gasteiger charge is 2.52. The van der Waals surface area contributed by atoms with Crippen molar-refractivity contribution in [2.24, 2.45) is 5.41 Å². The zero-order valence-electron chi connectivity index (χ0n) is 11.8. The molecule has 3 rings (SSSR count). The lowest BCUT2D eigenvalue weighted by Gasteiger charge is -2.44. The lowest BCUT2D eigenvalue weighted by molar-refractivity contribution is -0.140. The van der Waals surface area contributed by atoms with Gasteiger partial charge in [-0.2, -0.15) is 0 Å². The Morgan fingerprint density at radius 1 is 1.32 bits per heavy atom. The van der Waals surface area contributed by atoms with Crippen molar-refractivity contribution < 1.29 is 9.21 Å². The van der Waals surface area contributed by atoms with Gasteiger partial charge in [-0.15, -0.1) is 0 Å². The van der Waals surface area contributed by atoms with Crippen molar-refractivity contribution in [3.8, 4) is 0 Å².